The second-order valence-electron chi connectivity index (χ2n) is 5.95. The number of hydrogen-bond donors (Lipinski definition) is 1. The van der Waals surface area contributed by atoms with Crippen LogP contribution < -0.4 is 5.73 Å². The van der Waals surface area contributed by atoms with E-state index < -0.39 is 0 Å². The molecule has 3 aromatic rings. The van der Waals surface area contributed by atoms with Crippen molar-refractivity contribution < 1.29 is 0 Å². The molecule has 4 rings (SSSR count). The van der Waals surface area contributed by atoms with E-state index in [-0.39, 0.29) is 6.04 Å². The molecule has 1 aliphatic rings. The first kappa shape index (κ1) is 12.6. The molecule has 1 aromatic heterocycles. The fraction of sp³-hybridized carbons (Fsp3) is 0.278. The number of para-hydroxylation sites is 2. The zero-order valence-corrected chi connectivity index (χ0v) is 12.2. The number of imidazole rings is 1. The highest BCUT2D eigenvalue weighted by atomic mass is 15.1. The van der Waals surface area contributed by atoms with E-state index in [4.69, 9.17) is 10.7 Å². The van der Waals surface area contributed by atoms with Crippen LogP contribution in [0.15, 0.2) is 48.5 Å². The van der Waals surface area contributed by atoms with Crippen LogP contribution in [0, 0.1) is 0 Å². The Balaban J connectivity index is 1.60. The second kappa shape index (κ2) is 4.71. The van der Waals surface area contributed by atoms with Gasteiger partial charge in [0, 0.05) is 25.4 Å². The molecule has 0 fully saturated rings. The average molecular weight is 277 g/mol. The topological polar surface area (TPSA) is 43.8 Å². The summed E-state index contributed by atoms with van der Waals surface area (Å²) in [5, 5.41) is 0. The van der Waals surface area contributed by atoms with Crippen LogP contribution in [0.1, 0.15) is 22.9 Å². The highest BCUT2D eigenvalue weighted by molar-refractivity contribution is 5.75. The molecule has 3 heteroatoms. The number of nitrogens with two attached hydrogens (primary N) is 1. The Morgan fingerprint density at radius 1 is 1.19 bits per heavy atom. The molecule has 1 heterocycles. The van der Waals surface area contributed by atoms with Crippen molar-refractivity contribution in [2.75, 3.05) is 0 Å². The lowest BCUT2D eigenvalue weighted by Gasteiger charge is -2.34. The molecule has 2 unspecified atom stereocenters. The highest BCUT2D eigenvalue weighted by Crippen LogP contribution is 2.37. The van der Waals surface area contributed by atoms with Gasteiger partial charge in [-0.1, -0.05) is 36.4 Å². The van der Waals surface area contributed by atoms with E-state index in [2.05, 4.69) is 54.1 Å². The van der Waals surface area contributed by atoms with Gasteiger partial charge in [-0.2, -0.15) is 0 Å². The molecule has 2 N–H and O–H groups in total. The molecule has 2 atom stereocenters. The van der Waals surface area contributed by atoms with Crippen LogP contribution in [0.5, 0.6) is 0 Å². The third-order valence-electron chi connectivity index (χ3n) is 4.71. The number of aromatic nitrogens is 2. The van der Waals surface area contributed by atoms with E-state index in [0.29, 0.717) is 5.92 Å². The van der Waals surface area contributed by atoms with Gasteiger partial charge in [0.25, 0.3) is 0 Å². The summed E-state index contributed by atoms with van der Waals surface area (Å²) in [4.78, 5) is 4.73. The molecular formula is C18H19N3. The zero-order valence-electron chi connectivity index (χ0n) is 12.2. The molecule has 0 saturated heterocycles. The van der Waals surface area contributed by atoms with Gasteiger partial charge in [0.2, 0.25) is 0 Å². The van der Waals surface area contributed by atoms with Gasteiger partial charge in [0.1, 0.15) is 5.82 Å². The molecule has 0 radical (unpaired) electrons. The second-order valence-corrected chi connectivity index (χ2v) is 5.95. The Labute approximate surface area is 124 Å². The van der Waals surface area contributed by atoms with Crippen LogP contribution in [-0.4, -0.2) is 15.6 Å². The molecule has 0 saturated carbocycles. The summed E-state index contributed by atoms with van der Waals surface area (Å²) in [6.07, 6.45) is 1.92. The summed E-state index contributed by atoms with van der Waals surface area (Å²) < 4.78 is 2.17. The lowest BCUT2D eigenvalue weighted by atomic mass is 9.73. The van der Waals surface area contributed by atoms with E-state index in [1.54, 1.807) is 0 Å². The molecule has 3 nitrogen and oxygen atoms in total. The van der Waals surface area contributed by atoms with Crippen molar-refractivity contribution in [3.8, 4) is 0 Å². The van der Waals surface area contributed by atoms with Crippen molar-refractivity contribution in [2.24, 2.45) is 12.8 Å². The minimum absolute atomic E-state index is 0.135. The Bertz CT molecular complexity index is 803. The summed E-state index contributed by atoms with van der Waals surface area (Å²) >= 11 is 0. The molecule has 1 aliphatic carbocycles. The van der Waals surface area contributed by atoms with Crippen molar-refractivity contribution in [3.05, 3.63) is 65.5 Å². The van der Waals surface area contributed by atoms with Gasteiger partial charge in [0.05, 0.1) is 11.0 Å². The number of benzene rings is 2. The number of nitrogens with zero attached hydrogens (tertiary/aromatic N) is 2. The van der Waals surface area contributed by atoms with Gasteiger partial charge < -0.3 is 10.3 Å². The smallest absolute Gasteiger partial charge is 0.111 e. The van der Waals surface area contributed by atoms with Gasteiger partial charge in [-0.3, -0.25) is 0 Å². The Kier molecular flexibility index (Phi) is 2.82. The fourth-order valence-electron chi connectivity index (χ4n) is 3.41. The molecule has 21 heavy (non-hydrogen) atoms. The number of hydrogen-bond acceptors (Lipinski definition) is 2. The van der Waals surface area contributed by atoms with Gasteiger partial charge in [-0.25, -0.2) is 4.98 Å². The van der Waals surface area contributed by atoms with Crippen molar-refractivity contribution in [2.45, 2.75) is 24.8 Å². The van der Waals surface area contributed by atoms with Gasteiger partial charge >= 0.3 is 0 Å². The van der Waals surface area contributed by atoms with Gasteiger partial charge in [-0.15, -0.1) is 0 Å². The molecule has 106 valence electrons. The minimum Gasteiger partial charge on any atom is -0.331 e. The number of rotatable bonds is 3. The SMILES string of the molecule is Cn1c(CC(N)C2Cc3ccccc32)nc2ccccc21. The van der Waals surface area contributed by atoms with E-state index in [1.807, 2.05) is 6.07 Å². The third kappa shape index (κ3) is 1.96. The summed E-state index contributed by atoms with van der Waals surface area (Å²) in [5.74, 6) is 1.55. The van der Waals surface area contributed by atoms with Gasteiger partial charge in [-0.05, 0) is 29.7 Å². The third-order valence-corrected chi connectivity index (χ3v) is 4.71. The first-order valence-electron chi connectivity index (χ1n) is 7.48. The highest BCUT2D eigenvalue weighted by Gasteiger charge is 2.31. The first-order chi connectivity index (χ1) is 10.2. The van der Waals surface area contributed by atoms with E-state index in [9.17, 15) is 0 Å². The monoisotopic (exact) mass is 277 g/mol. The van der Waals surface area contributed by atoms with Crippen LogP contribution in [-0.2, 0) is 19.9 Å². The quantitative estimate of drug-likeness (QED) is 0.800. The van der Waals surface area contributed by atoms with Crippen LogP contribution in [0.4, 0.5) is 0 Å². The molecule has 2 aromatic carbocycles. The molecule has 0 amide bonds. The lowest BCUT2D eigenvalue weighted by molar-refractivity contribution is 0.469. The maximum absolute atomic E-state index is 6.46. The van der Waals surface area contributed by atoms with Crippen molar-refractivity contribution >= 4 is 11.0 Å². The fourth-order valence-corrected chi connectivity index (χ4v) is 3.41. The summed E-state index contributed by atoms with van der Waals surface area (Å²) in [7, 11) is 2.08. The maximum atomic E-state index is 6.46. The van der Waals surface area contributed by atoms with E-state index >= 15 is 0 Å². The number of fused-ring (bicyclic) bond motifs is 2. The first-order valence-corrected chi connectivity index (χ1v) is 7.48. The number of aryl methyl sites for hydroxylation is 1. The summed E-state index contributed by atoms with van der Waals surface area (Å²) in [6, 6.07) is 17.0. The van der Waals surface area contributed by atoms with Crippen LogP contribution >= 0.6 is 0 Å². The molecule has 0 spiro atoms. The Hall–Kier alpha value is -2.13. The molecule has 0 aliphatic heterocycles. The van der Waals surface area contributed by atoms with Crippen molar-refractivity contribution in [1.82, 2.24) is 9.55 Å². The molecule has 0 bridgehead atoms. The van der Waals surface area contributed by atoms with E-state index in [1.165, 1.54) is 16.6 Å². The summed E-state index contributed by atoms with van der Waals surface area (Å²) in [5.41, 5.74) is 11.6. The zero-order chi connectivity index (χ0) is 14.4. The van der Waals surface area contributed by atoms with Crippen LogP contribution in [0.2, 0.25) is 0 Å². The van der Waals surface area contributed by atoms with E-state index in [0.717, 1.165) is 24.2 Å². The normalized spacial score (nSPS) is 18.3. The predicted octanol–water partition coefficient (Wildman–Crippen LogP) is 2.78. The van der Waals surface area contributed by atoms with Gasteiger partial charge in [0.15, 0.2) is 0 Å². The van der Waals surface area contributed by atoms with Crippen molar-refractivity contribution in [3.63, 3.8) is 0 Å². The van der Waals surface area contributed by atoms with Crippen LogP contribution in [0.3, 0.4) is 0 Å². The lowest BCUT2D eigenvalue weighted by Crippen LogP contribution is -2.37. The summed E-state index contributed by atoms with van der Waals surface area (Å²) in [6.45, 7) is 0. The maximum Gasteiger partial charge on any atom is 0.111 e. The Morgan fingerprint density at radius 2 is 1.95 bits per heavy atom. The van der Waals surface area contributed by atoms with Crippen LogP contribution in [0.25, 0.3) is 11.0 Å². The standard InChI is InChI=1S/C18H19N3/c1-21-17-9-5-4-8-16(17)20-18(21)11-15(19)14-10-12-6-2-3-7-13(12)14/h2-9,14-15H,10-11,19H2,1H3. The average Bonchev–Trinajstić information content (AvgIpc) is 2.77. The minimum atomic E-state index is 0.135. The molecular weight excluding hydrogens is 258 g/mol. The Morgan fingerprint density at radius 3 is 2.76 bits per heavy atom. The van der Waals surface area contributed by atoms with Crippen molar-refractivity contribution in [1.29, 1.82) is 0 Å². The largest absolute Gasteiger partial charge is 0.331 e. The predicted molar refractivity (Wildman–Crippen MR) is 85.3 cm³/mol.